The zero-order chi connectivity index (χ0) is 11.7. The van der Waals surface area contributed by atoms with Gasteiger partial charge in [-0.25, -0.2) is 0 Å². The largest absolute Gasteiger partial charge is 0.369 e. The third-order valence-electron chi connectivity index (χ3n) is 2.79. The lowest BCUT2D eigenvalue weighted by molar-refractivity contribution is -0.119. The van der Waals surface area contributed by atoms with Crippen LogP contribution in [-0.2, 0) is 4.79 Å². The fraction of sp³-hybridized carbons (Fsp3) is 0.250. The number of nitrogens with one attached hydrogen (secondary N) is 1. The van der Waals surface area contributed by atoms with E-state index in [4.69, 9.17) is 11.5 Å². The number of amides is 1. The molecule has 5 N–H and O–H groups in total. The molecule has 0 aliphatic heterocycles. The van der Waals surface area contributed by atoms with Gasteiger partial charge < -0.3 is 16.5 Å². The van der Waals surface area contributed by atoms with E-state index >= 15 is 0 Å². The van der Waals surface area contributed by atoms with Crippen molar-refractivity contribution in [3.63, 3.8) is 0 Å². The lowest BCUT2D eigenvalue weighted by Crippen LogP contribution is -2.35. The quantitative estimate of drug-likeness (QED) is 0.718. The summed E-state index contributed by atoms with van der Waals surface area (Å²) in [7, 11) is 0. The van der Waals surface area contributed by atoms with Crippen molar-refractivity contribution in [2.45, 2.75) is 18.9 Å². The number of para-hydroxylation sites is 1. The van der Waals surface area contributed by atoms with Gasteiger partial charge in [0.05, 0.1) is 5.92 Å². The van der Waals surface area contributed by atoms with Gasteiger partial charge in [-0.3, -0.25) is 4.79 Å². The first kappa shape index (κ1) is 10.7. The van der Waals surface area contributed by atoms with Crippen molar-refractivity contribution in [1.82, 2.24) is 4.98 Å². The third-order valence-corrected chi connectivity index (χ3v) is 2.79. The Labute approximate surface area is 93.6 Å². The first-order chi connectivity index (χ1) is 7.61. The highest BCUT2D eigenvalue weighted by atomic mass is 16.1. The van der Waals surface area contributed by atoms with E-state index in [1.165, 1.54) is 0 Å². The van der Waals surface area contributed by atoms with E-state index in [1.807, 2.05) is 30.5 Å². The van der Waals surface area contributed by atoms with E-state index in [-0.39, 0.29) is 11.9 Å². The summed E-state index contributed by atoms with van der Waals surface area (Å²) in [5.74, 6) is -0.837. The number of benzene rings is 1. The molecule has 1 amide bonds. The van der Waals surface area contributed by atoms with Crippen molar-refractivity contribution in [2.75, 3.05) is 0 Å². The first-order valence-electron chi connectivity index (χ1n) is 5.22. The molecule has 0 saturated carbocycles. The van der Waals surface area contributed by atoms with Crippen LogP contribution in [0.1, 0.15) is 18.4 Å². The molecule has 4 nitrogen and oxygen atoms in total. The van der Waals surface area contributed by atoms with E-state index in [1.54, 1.807) is 6.92 Å². The molecule has 0 spiro atoms. The van der Waals surface area contributed by atoms with Crippen LogP contribution >= 0.6 is 0 Å². The maximum Gasteiger partial charge on any atom is 0.226 e. The summed E-state index contributed by atoms with van der Waals surface area (Å²) in [5, 5.41) is 1.00. The Morgan fingerprint density at radius 3 is 2.69 bits per heavy atom. The van der Waals surface area contributed by atoms with Crippen LogP contribution in [0.5, 0.6) is 0 Å². The van der Waals surface area contributed by atoms with Gasteiger partial charge in [0.1, 0.15) is 0 Å². The van der Waals surface area contributed by atoms with E-state index in [2.05, 4.69) is 4.98 Å². The number of fused-ring (bicyclic) bond motifs is 1. The molecule has 1 unspecified atom stereocenters. The Hall–Kier alpha value is -1.81. The van der Waals surface area contributed by atoms with Crippen LogP contribution in [0.2, 0.25) is 0 Å². The van der Waals surface area contributed by atoms with Gasteiger partial charge in [-0.05, 0) is 18.6 Å². The van der Waals surface area contributed by atoms with Crippen molar-refractivity contribution < 1.29 is 4.79 Å². The summed E-state index contributed by atoms with van der Waals surface area (Å²) >= 11 is 0. The Bertz CT molecular complexity index is 516. The highest BCUT2D eigenvalue weighted by Gasteiger charge is 2.24. The van der Waals surface area contributed by atoms with Crippen LogP contribution in [0.15, 0.2) is 30.5 Å². The van der Waals surface area contributed by atoms with Gasteiger partial charge >= 0.3 is 0 Å². The number of rotatable bonds is 3. The Morgan fingerprint density at radius 1 is 1.38 bits per heavy atom. The fourth-order valence-corrected chi connectivity index (χ4v) is 2.05. The van der Waals surface area contributed by atoms with Crippen LogP contribution in [-0.4, -0.2) is 16.9 Å². The number of hydrogen-bond acceptors (Lipinski definition) is 2. The Balaban J connectivity index is 2.57. The molecule has 0 aliphatic carbocycles. The van der Waals surface area contributed by atoms with E-state index < -0.39 is 5.92 Å². The molecule has 84 valence electrons. The minimum absolute atomic E-state index is 0.295. The summed E-state index contributed by atoms with van der Waals surface area (Å²) in [6.07, 6.45) is 1.81. The average molecular weight is 217 g/mol. The molecule has 0 aliphatic rings. The molecule has 0 fully saturated rings. The molecule has 2 aromatic rings. The minimum Gasteiger partial charge on any atom is -0.369 e. The summed E-state index contributed by atoms with van der Waals surface area (Å²) in [6, 6.07) is 7.49. The van der Waals surface area contributed by atoms with Gasteiger partial charge in [0.2, 0.25) is 5.91 Å². The molecular weight excluding hydrogens is 202 g/mol. The molecule has 4 heteroatoms. The second-order valence-corrected chi connectivity index (χ2v) is 4.03. The van der Waals surface area contributed by atoms with Crippen LogP contribution < -0.4 is 11.5 Å². The lowest BCUT2D eigenvalue weighted by Gasteiger charge is -2.16. The maximum absolute atomic E-state index is 11.4. The van der Waals surface area contributed by atoms with Crippen molar-refractivity contribution in [3.05, 3.63) is 36.0 Å². The second-order valence-electron chi connectivity index (χ2n) is 4.03. The van der Waals surface area contributed by atoms with Gasteiger partial charge in [0.15, 0.2) is 0 Å². The number of H-pyrrole nitrogens is 1. The van der Waals surface area contributed by atoms with Crippen LogP contribution in [0, 0.1) is 0 Å². The highest BCUT2D eigenvalue weighted by Crippen LogP contribution is 2.26. The predicted molar refractivity (Wildman–Crippen MR) is 63.9 cm³/mol. The molecule has 0 saturated heterocycles. The molecule has 0 radical (unpaired) electrons. The normalized spacial score (nSPS) is 14.9. The van der Waals surface area contributed by atoms with Gasteiger partial charge in [-0.1, -0.05) is 18.2 Å². The summed E-state index contributed by atoms with van der Waals surface area (Å²) in [4.78, 5) is 14.5. The Morgan fingerprint density at radius 2 is 2.06 bits per heavy atom. The van der Waals surface area contributed by atoms with E-state index in [0.717, 1.165) is 16.5 Å². The molecular formula is C12H15N3O. The standard InChI is InChI=1S/C12H15N3O/c1-7(13)11(12(14)16)9-6-15-10-5-3-2-4-8(9)10/h2-7,11,15H,13H2,1H3,(H2,14,16)/t7-,11?/m0/s1. The van der Waals surface area contributed by atoms with Crippen LogP contribution in [0.25, 0.3) is 10.9 Å². The first-order valence-corrected chi connectivity index (χ1v) is 5.22. The molecule has 0 bridgehead atoms. The van der Waals surface area contributed by atoms with Crippen LogP contribution in [0.4, 0.5) is 0 Å². The van der Waals surface area contributed by atoms with Crippen molar-refractivity contribution in [3.8, 4) is 0 Å². The highest BCUT2D eigenvalue weighted by molar-refractivity contribution is 5.91. The number of hydrogen-bond donors (Lipinski definition) is 3. The summed E-state index contributed by atoms with van der Waals surface area (Å²) in [5.41, 5.74) is 13.1. The SMILES string of the molecule is C[C@H](N)C(C(N)=O)c1c[nH]c2ccccc12. The van der Waals surface area contributed by atoms with Gasteiger partial charge in [0, 0.05) is 23.1 Å². The fourth-order valence-electron chi connectivity index (χ4n) is 2.05. The number of carbonyl (C=O) groups excluding carboxylic acids is 1. The molecule has 16 heavy (non-hydrogen) atoms. The number of nitrogens with two attached hydrogens (primary N) is 2. The summed E-state index contributed by atoms with van der Waals surface area (Å²) in [6.45, 7) is 1.79. The van der Waals surface area contributed by atoms with Gasteiger partial charge in [-0.2, -0.15) is 0 Å². The maximum atomic E-state index is 11.4. The molecule has 2 atom stereocenters. The third kappa shape index (κ3) is 1.67. The zero-order valence-corrected chi connectivity index (χ0v) is 9.10. The molecule has 2 rings (SSSR count). The topological polar surface area (TPSA) is 84.9 Å². The second kappa shape index (κ2) is 3.98. The predicted octanol–water partition coefficient (Wildman–Crippen LogP) is 1.08. The number of aromatic amines is 1. The monoisotopic (exact) mass is 217 g/mol. The number of primary amides is 1. The molecule has 1 aromatic heterocycles. The van der Waals surface area contributed by atoms with Gasteiger partial charge in [-0.15, -0.1) is 0 Å². The minimum atomic E-state index is -0.448. The average Bonchev–Trinajstić information content (AvgIpc) is 2.61. The smallest absolute Gasteiger partial charge is 0.226 e. The van der Waals surface area contributed by atoms with E-state index in [0.29, 0.717) is 0 Å². The zero-order valence-electron chi connectivity index (χ0n) is 9.10. The molecule has 1 heterocycles. The lowest BCUT2D eigenvalue weighted by atomic mass is 9.92. The molecule has 1 aromatic carbocycles. The number of carbonyl (C=O) groups is 1. The Kier molecular flexibility index (Phi) is 2.66. The van der Waals surface area contributed by atoms with Crippen molar-refractivity contribution in [1.29, 1.82) is 0 Å². The van der Waals surface area contributed by atoms with Crippen LogP contribution in [0.3, 0.4) is 0 Å². The van der Waals surface area contributed by atoms with Gasteiger partial charge in [0.25, 0.3) is 0 Å². The summed E-state index contributed by atoms with van der Waals surface area (Å²) < 4.78 is 0. The van der Waals surface area contributed by atoms with Crippen molar-refractivity contribution in [2.24, 2.45) is 11.5 Å². The number of aromatic nitrogens is 1. The van der Waals surface area contributed by atoms with E-state index in [9.17, 15) is 4.79 Å². The van der Waals surface area contributed by atoms with Crippen molar-refractivity contribution >= 4 is 16.8 Å².